The molecule has 0 aliphatic heterocycles. The first-order valence-electron chi connectivity index (χ1n) is 8.62. The fraction of sp³-hybridized carbons (Fsp3) is 0.286. The van der Waals surface area contributed by atoms with Crippen LogP contribution in [-0.2, 0) is 17.8 Å². The lowest BCUT2D eigenvalue weighted by molar-refractivity contribution is -0.885. The first-order chi connectivity index (χ1) is 12.2. The van der Waals surface area contributed by atoms with Crippen LogP contribution in [0.4, 0.5) is 0 Å². The number of rotatable bonds is 10. The standard InChI is InChI=1S/C21H26N2O2/c1-3-15-25-20-11-9-19(10-12-20)16-23(2)17-21(24)22-14-13-18-7-5-4-6-8-18/h3-12H,1,13-17H2,2H3,(H,22,24)/p+1. The normalized spacial score (nSPS) is 11.6. The van der Waals surface area contributed by atoms with Gasteiger partial charge >= 0.3 is 0 Å². The SMILES string of the molecule is C=CCOc1ccc(C[NH+](C)CC(=O)NCCc2ccccc2)cc1. The summed E-state index contributed by atoms with van der Waals surface area (Å²) in [6, 6.07) is 18.2. The van der Waals surface area contributed by atoms with Crippen molar-refractivity contribution >= 4 is 5.91 Å². The van der Waals surface area contributed by atoms with Gasteiger partial charge in [-0.25, -0.2) is 0 Å². The number of carbonyl (C=O) groups is 1. The van der Waals surface area contributed by atoms with E-state index in [1.165, 1.54) is 11.1 Å². The van der Waals surface area contributed by atoms with Crippen LogP contribution >= 0.6 is 0 Å². The Hall–Kier alpha value is -2.59. The largest absolute Gasteiger partial charge is 0.490 e. The van der Waals surface area contributed by atoms with Crippen molar-refractivity contribution in [2.45, 2.75) is 13.0 Å². The van der Waals surface area contributed by atoms with Crippen molar-refractivity contribution in [2.24, 2.45) is 0 Å². The third-order valence-corrected chi connectivity index (χ3v) is 3.84. The van der Waals surface area contributed by atoms with Crippen LogP contribution in [0.15, 0.2) is 67.3 Å². The summed E-state index contributed by atoms with van der Waals surface area (Å²) < 4.78 is 5.47. The maximum Gasteiger partial charge on any atom is 0.275 e. The van der Waals surface area contributed by atoms with Crippen LogP contribution in [0.3, 0.4) is 0 Å². The predicted molar refractivity (Wildman–Crippen MR) is 101 cm³/mol. The fourth-order valence-electron chi connectivity index (χ4n) is 2.60. The average Bonchev–Trinajstić information content (AvgIpc) is 2.62. The number of amides is 1. The molecule has 2 N–H and O–H groups in total. The minimum absolute atomic E-state index is 0.0827. The lowest BCUT2D eigenvalue weighted by Crippen LogP contribution is -3.08. The molecule has 2 aromatic carbocycles. The summed E-state index contributed by atoms with van der Waals surface area (Å²) in [5.74, 6) is 0.916. The van der Waals surface area contributed by atoms with Crippen LogP contribution in [0.25, 0.3) is 0 Å². The Bertz CT molecular complexity index is 653. The molecule has 0 aliphatic rings. The first-order valence-corrected chi connectivity index (χ1v) is 8.62. The van der Waals surface area contributed by atoms with E-state index in [0.717, 1.165) is 23.6 Å². The second-order valence-electron chi connectivity index (χ2n) is 6.14. The van der Waals surface area contributed by atoms with Crippen molar-refractivity contribution in [3.8, 4) is 5.75 Å². The summed E-state index contributed by atoms with van der Waals surface area (Å²) in [4.78, 5) is 13.2. The van der Waals surface area contributed by atoms with Crippen molar-refractivity contribution in [1.29, 1.82) is 0 Å². The van der Waals surface area contributed by atoms with Crippen LogP contribution in [-0.4, -0.2) is 32.7 Å². The van der Waals surface area contributed by atoms with Crippen LogP contribution in [0.5, 0.6) is 5.75 Å². The number of quaternary nitrogens is 1. The molecule has 0 bridgehead atoms. The summed E-state index contributed by atoms with van der Waals surface area (Å²) in [5, 5.41) is 2.99. The third-order valence-electron chi connectivity index (χ3n) is 3.84. The zero-order chi connectivity index (χ0) is 17.9. The van der Waals surface area contributed by atoms with E-state index in [2.05, 4.69) is 24.0 Å². The van der Waals surface area contributed by atoms with E-state index in [4.69, 9.17) is 4.74 Å². The molecule has 1 atom stereocenters. The molecule has 1 amide bonds. The molecule has 0 fully saturated rings. The van der Waals surface area contributed by atoms with E-state index in [1.54, 1.807) is 6.08 Å². The molecule has 0 aliphatic carbocycles. The van der Waals surface area contributed by atoms with Gasteiger partial charge in [-0.3, -0.25) is 4.79 Å². The molecule has 4 nitrogen and oxygen atoms in total. The van der Waals surface area contributed by atoms with Crippen molar-refractivity contribution in [3.63, 3.8) is 0 Å². The molecule has 0 heterocycles. The van der Waals surface area contributed by atoms with Crippen LogP contribution in [0.2, 0.25) is 0 Å². The molecule has 1 unspecified atom stereocenters. The van der Waals surface area contributed by atoms with Crippen LogP contribution in [0.1, 0.15) is 11.1 Å². The summed E-state index contributed by atoms with van der Waals surface area (Å²) in [5.41, 5.74) is 2.42. The Labute approximate surface area is 150 Å². The second-order valence-corrected chi connectivity index (χ2v) is 6.14. The summed E-state index contributed by atoms with van der Waals surface area (Å²) >= 11 is 0. The maximum atomic E-state index is 12.0. The van der Waals surface area contributed by atoms with Gasteiger partial charge in [0.15, 0.2) is 6.54 Å². The molecular formula is C21H27N2O2+. The highest BCUT2D eigenvalue weighted by Gasteiger charge is 2.10. The van der Waals surface area contributed by atoms with Crippen molar-refractivity contribution in [1.82, 2.24) is 5.32 Å². The van der Waals surface area contributed by atoms with Gasteiger partial charge in [0, 0.05) is 12.1 Å². The molecule has 0 spiro atoms. The van der Waals surface area contributed by atoms with Crippen molar-refractivity contribution in [3.05, 3.63) is 78.4 Å². The highest BCUT2D eigenvalue weighted by atomic mass is 16.5. The van der Waals surface area contributed by atoms with Gasteiger partial charge in [-0.2, -0.15) is 0 Å². The van der Waals surface area contributed by atoms with E-state index in [9.17, 15) is 4.79 Å². The number of hydrogen-bond donors (Lipinski definition) is 2. The zero-order valence-electron chi connectivity index (χ0n) is 14.8. The number of carbonyl (C=O) groups excluding carboxylic acids is 1. The highest BCUT2D eigenvalue weighted by Crippen LogP contribution is 2.11. The Balaban J connectivity index is 1.69. The average molecular weight is 339 g/mol. The lowest BCUT2D eigenvalue weighted by atomic mass is 10.1. The van der Waals surface area contributed by atoms with Gasteiger partial charge in [0.25, 0.3) is 5.91 Å². The van der Waals surface area contributed by atoms with Gasteiger partial charge in [-0.05, 0) is 36.2 Å². The number of ether oxygens (including phenoxy) is 1. The van der Waals surface area contributed by atoms with Crippen molar-refractivity contribution in [2.75, 3.05) is 26.7 Å². The quantitative estimate of drug-likeness (QED) is 0.646. The van der Waals surface area contributed by atoms with E-state index < -0.39 is 0 Å². The molecule has 0 aromatic heterocycles. The molecule has 0 saturated carbocycles. The molecule has 4 heteroatoms. The van der Waals surface area contributed by atoms with E-state index in [-0.39, 0.29) is 5.91 Å². The van der Waals surface area contributed by atoms with E-state index in [0.29, 0.717) is 19.7 Å². The molecular weight excluding hydrogens is 312 g/mol. The maximum absolute atomic E-state index is 12.0. The Morgan fingerprint density at radius 2 is 1.84 bits per heavy atom. The molecule has 0 saturated heterocycles. The molecule has 2 aromatic rings. The number of nitrogens with one attached hydrogen (secondary N) is 2. The third kappa shape index (κ3) is 7.23. The van der Waals surface area contributed by atoms with Gasteiger partial charge in [-0.15, -0.1) is 0 Å². The van der Waals surface area contributed by atoms with E-state index >= 15 is 0 Å². The molecule has 0 radical (unpaired) electrons. The predicted octanol–water partition coefficient (Wildman–Crippen LogP) is 1.63. The smallest absolute Gasteiger partial charge is 0.275 e. The monoisotopic (exact) mass is 339 g/mol. The second kappa shape index (κ2) is 10.3. The Kier molecular flexibility index (Phi) is 7.73. The van der Waals surface area contributed by atoms with Crippen LogP contribution in [0, 0.1) is 0 Å². The van der Waals surface area contributed by atoms with Crippen LogP contribution < -0.4 is 15.0 Å². The molecule has 132 valence electrons. The Morgan fingerprint density at radius 3 is 2.52 bits per heavy atom. The minimum Gasteiger partial charge on any atom is -0.490 e. The number of benzene rings is 2. The lowest BCUT2D eigenvalue weighted by Gasteiger charge is -2.14. The highest BCUT2D eigenvalue weighted by molar-refractivity contribution is 5.76. The summed E-state index contributed by atoms with van der Waals surface area (Å²) in [6.45, 7) is 6.07. The summed E-state index contributed by atoms with van der Waals surface area (Å²) in [6.07, 6.45) is 2.58. The molecule has 2 rings (SSSR count). The minimum atomic E-state index is 0.0827. The van der Waals surface area contributed by atoms with Gasteiger partial charge in [0.05, 0.1) is 7.05 Å². The first kappa shape index (κ1) is 18.7. The molecule has 25 heavy (non-hydrogen) atoms. The van der Waals surface area contributed by atoms with E-state index in [1.807, 2.05) is 49.5 Å². The summed E-state index contributed by atoms with van der Waals surface area (Å²) in [7, 11) is 2.03. The zero-order valence-corrected chi connectivity index (χ0v) is 14.8. The van der Waals surface area contributed by atoms with Crippen molar-refractivity contribution < 1.29 is 14.4 Å². The van der Waals surface area contributed by atoms with Gasteiger partial charge < -0.3 is 15.0 Å². The number of hydrogen-bond acceptors (Lipinski definition) is 2. The van der Waals surface area contributed by atoms with Gasteiger partial charge in [-0.1, -0.05) is 43.0 Å². The topological polar surface area (TPSA) is 42.8 Å². The Morgan fingerprint density at radius 1 is 1.12 bits per heavy atom. The number of likely N-dealkylation sites (N-methyl/N-ethyl adjacent to an activating group) is 1. The van der Waals surface area contributed by atoms with Gasteiger partial charge in [0.2, 0.25) is 0 Å². The van der Waals surface area contributed by atoms with Gasteiger partial charge in [0.1, 0.15) is 18.9 Å². The fourth-order valence-corrected chi connectivity index (χ4v) is 2.60.